The Bertz CT molecular complexity index is 641. The Morgan fingerprint density at radius 1 is 1.05 bits per heavy atom. The number of anilines is 3. The topological polar surface area (TPSA) is 38.0 Å². The van der Waals surface area contributed by atoms with E-state index in [2.05, 4.69) is 27.9 Å². The number of alkyl halides is 3. The van der Waals surface area contributed by atoms with Gasteiger partial charge in [0.1, 0.15) is 5.82 Å². The number of rotatable bonds is 2. The molecule has 0 unspecified atom stereocenters. The summed E-state index contributed by atoms with van der Waals surface area (Å²) in [4.78, 5) is 0. The molecule has 3 N–H and O–H groups in total. The van der Waals surface area contributed by atoms with Crippen LogP contribution >= 0.6 is 22.6 Å². The van der Waals surface area contributed by atoms with Gasteiger partial charge in [0, 0.05) is 9.26 Å². The highest BCUT2D eigenvalue weighted by Gasteiger charge is 2.34. The van der Waals surface area contributed by atoms with Gasteiger partial charge in [0.15, 0.2) is 0 Å². The fraction of sp³-hybridized carbons (Fsp3) is 0.0769. The van der Waals surface area contributed by atoms with E-state index in [0.29, 0.717) is 17.4 Å². The van der Waals surface area contributed by atoms with Crippen LogP contribution in [0.5, 0.6) is 0 Å². The second-order valence-corrected chi connectivity index (χ2v) is 5.29. The lowest BCUT2D eigenvalue weighted by atomic mass is 10.1. The summed E-state index contributed by atoms with van der Waals surface area (Å²) in [7, 11) is 0. The van der Waals surface area contributed by atoms with Crippen LogP contribution in [-0.4, -0.2) is 0 Å². The maximum Gasteiger partial charge on any atom is 0.419 e. The van der Waals surface area contributed by atoms with E-state index in [1.807, 2.05) is 0 Å². The minimum Gasteiger partial charge on any atom is -0.397 e. The summed E-state index contributed by atoms with van der Waals surface area (Å²) in [5.41, 5.74) is 5.42. The summed E-state index contributed by atoms with van der Waals surface area (Å²) in [6.45, 7) is 0. The highest BCUT2D eigenvalue weighted by Crippen LogP contribution is 2.34. The van der Waals surface area contributed by atoms with E-state index in [9.17, 15) is 17.6 Å². The highest BCUT2D eigenvalue weighted by molar-refractivity contribution is 14.1. The molecule has 0 bridgehead atoms. The summed E-state index contributed by atoms with van der Waals surface area (Å²) in [6, 6.07) is 7.79. The molecule has 20 heavy (non-hydrogen) atoms. The van der Waals surface area contributed by atoms with Crippen molar-refractivity contribution in [2.75, 3.05) is 11.1 Å². The van der Waals surface area contributed by atoms with Crippen LogP contribution in [-0.2, 0) is 6.18 Å². The third-order valence-corrected chi connectivity index (χ3v) is 3.24. The van der Waals surface area contributed by atoms with E-state index in [-0.39, 0.29) is 5.69 Å². The summed E-state index contributed by atoms with van der Waals surface area (Å²) in [5.74, 6) is -1.31. The first-order valence-electron chi connectivity index (χ1n) is 5.46. The number of nitrogens with two attached hydrogens (primary N) is 1. The quantitative estimate of drug-likeness (QED) is 0.436. The van der Waals surface area contributed by atoms with Crippen LogP contribution < -0.4 is 11.1 Å². The van der Waals surface area contributed by atoms with E-state index in [1.165, 1.54) is 6.07 Å². The van der Waals surface area contributed by atoms with Crippen molar-refractivity contribution >= 4 is 39.7 Å². The maximum atomic E-state index is 13.2. The fourth-order valence-electron chi connectivity index (χ4n) is 1.62. The second-order valence-electron chi connectivity index (χ2n) is 4.05. The molecular formula is C13H9F4IN2. The van der Waals surface area contributed by atoms with Crippen molar-refractivity contribution in [3.63, 3.8) is 0 Å². The molecule has 0 aromatic heterocycles. The molecule has 0 heterocycles. The van der Waals surface area contributed by atoms with Crippen LogP contribution in [0.2, 0.25) is 0 Å². The Kier molecular flexibility index (Phi) is 4.07. The van der Waals surface area contributed by atoms with E-state index < -0.39 is 17.6 Å². The largest absolute Gasteiger partial charge is 0.419 e. The maximum absolute atomic E-state index is 13.2. The number of benzene rings is 2. The standard InChI is InChI=1S/C13H9F4IN2/c14-10-3-2-8(6-9(10)13(15,16)17)20-12-4-1-7(18)5-11(12)19/h1-6,20H,19H2. The van der Waals surface area contributed by atoms with Crippen molar-refractivity contribution in [3.8, 4) is 0 Å². The third-order valence-electron chi connectivity index (χ3n) is 2.56. The van der Waals surface area contributed by atoms with E-state index in [0.717, 1.165) is 9.64 Å². The second kappa shape index (κ2) is 5.47. The third kappa shape index (κ3) is 3.33. The lowest BCUT2D eigenvalue weighted by Crippen LogP contribution is -2.08. The van der Waals surface area contributed by atoms with Crippen molar-refractivity contribution in [1.29, 1.82) is 0 Å². The summed E-state index contributed by atoms with van der Waals surface area (Å²) in [6.07, 6.45) is -4.74. The first-order valence-corrected chi connectivity index (χ1v) is 6.54. The molecule has 0 fully saturated rings. The average molecular weight is 396 g/mol. The number of nitrogens with one attached hydrogen (secondary N) is 1. The molecule has 0 saturated heterocycles. The minimum atomic E-state index is -4.74. The average Bonchev–Trinajstić information content (AvgIpc) is 2.33. The number of hydrogen-bond donors (Lipinski definition) is 2. The number of nitrogen functional groups attached to an aromatic ring is 1. The van der Waals surface area contributed by atoms with Gasteiger partial charge in [0.05, 0.1) is 16.9 Å². The number of hydrogen-bond acceptors (Lipinski definition) is 2. The Morgan fingerprint density at radius 3 is 2.35 bits per heavy atom. The van der Waals surface area contributed by atoms with Crippen LogP contribution in [0.4, 0.5) is 34.6 Å². The monoisotopic (exact) mass is 396 g/mol. The molecular weight excluding hydrogens is 387 g/mol. The van der Waals surface area contributed by atoms with Crippen molar-refractivity contribution in [2.45, 2.75) is 6.18 Å². The first kappa shape index (κ1) is 14.9. The zero-order valence-corrected chi connectivity index (χ0v) is 12.1. The van der Waals surface area contributed by atoms with Crippen LogP contribution in [0.15, 0.2) is 36.4 Å². The van der Waals surface area contributed by atoms with E-state index >= 15 is 0 Å². The van der Waals surface area contributed by atoms with Gasteiger partial charge >= 0.3 is 6.18 Å². The van der Waals surface area contributed by atoms with Crippen molar-refractivity contribution < 1.29 is 17.6 Å². The van der Waals surface area contributed by atoms with Gasteiger partial charge < -0.3 is 11.1 Å². The molecule has 2 aromatic rings. The normalized spacial score (nSPS) is 11.4. The summed E-state index contributed by atoms with van der Waals surface area (Å²) >= 11 is 2.07. The SMILES string of the molecule is Nc1cc(I)ccc1Nc1ccc(F)c(C(F)(F)F)c1. The molecule has 0 spiro atoms. The molecule has 0 aliphatic heterocycles. The Balaban J connectivity index is 2.35. The fourth-order valence-corrected chi connectivity index (χ4v) is 2.14. The zero-order valence-electron chi connectivity index (χ0n) is 9.93. The van der Waals surface area contributed by atoms with E-state index in [4.69, 9.17) is 5.73 Å². The first-order chi connectivity index (χ1) is 9.27. The molecule has 0 radical (unpaired) electrons. The van der Waals surface area contributed by atoms with Crippen LogP contribution in [0.3, 0.4) is 0 Å². The summed E-state index contributed by atoms with van der Waals surface area (Å²) in [5, 5.41) is 2.74. The lowest BCUT2D eigenvalue weighted by Gasteiger charge is -2.13. The highest BCUT2D eigenvalue weighted by atomic mass is 127. The predicted molar refractivity (Wildman–Crippen MR) is 78.3 cm³/mol. The van der Waals surface area contributed by atoms with Gasteiger partial charge in [0.25, 0.3) is 0 Å². The van der Waals surface area contributed by atoms with Crippen LogP contribution in [0, 0.1) is 9.39 Å². The van der Waals surface area contributed by atoms with Gasteiger partial charge in [-0.3, -0.25) is 0 Å². The van der Waals surface area contributed by atoms with Crippen molar-refractivity contribution in [2.24, 2.45) is 0 Å². The smallest absolute Gasteiger partial charge is 0.397 e. The molecule has 2 aromatic carbocycles. The lowest BCUT2D eigenvalue weighted by molar-refractivity contribution is -0.139. The van der Waals surface area contributed by atoms with Gasteiger partial charge in [0.2, 0.25) is 0 Å². The predicted octanol–water partition coefficient (Wildman–Crippen LogP) is 4.77. The van der Waals surface area contributed by atoms with E-state index in [1.54, 1.807) is 18.2 Å². The van der Waals surface area contributed by atoms with Crippen LogP contribution in [0.1, 0.15) is 5.56 Å². The van der Waals surface area contributed by atoms with Gasteiger partial charge in [-0.2, -0.15) is 13.2 Å². The van der Waals surface area contributed by atoms with Gasteiger partial charge in [-0.05, 0) is 59.0 Å². The van der Waals surface area contributed by atoms with Crippen molar-refractivity contribution in [1.82, 2.24) is 0 Å². The molecule has 7 heteroatoms. The molecule has 2 rings (SSSR count). The van der Waals surface area contributed by atoms with Crippen LogP contribution in [0.25, 0.3) is 0 Å². The van der Waals surface area contributed by atoms with Gasteiger partial charge in [-0.25, -0.2) is 4.39 Å². The molecule has 0 saturated carbocycles. The Hall–Kier alpha value is -1.51. The molecule has 2 nitrogen and oxygen atoms in total. The molecule has 0 amide bonds. The minimum absolute atomic E-state index is 0.117. The van der Waals surface area contributed by atoms with Crippen molar-refractivity contribution in [3.05, 3.63) is 51.3 Å². The number of halogens is 5. The molecule has 0 aliphatic carbocycles. The molecule has 106 valence electrons. The molecule has 0 aliphatic rings. The van der Waals surface area contributed by atoms with Gasteiger partial charge in [-0.15, -0.1) is 0 Å². The molecule has 0 atom stereocenters. The Morgan fingerprint density at radius 2 is 1.75 bits per heavy atom. The zero-order chi connectivity index (χ0) is 14.9. The van der Waals surface area contributed by atoms with Gasteiger partial charge in [-0.1, -0.05) is 0 Å². The summed E-state index contributed by atoms with van der Waals surface area (Å²) < 4.78 is 51.9. The Labute approximate surface area is 126 Å².